The van der Waals surface area contributed by atoms with Crippen LogP contribution in [-0.2, 0) is 0 Å². The Bertz CT molecular complexity index is 272. The summed E-state index contributed by atoms with van der Waals surface area (Å²) >= 11 is 0. The first kappa shape index (κ1) is 12.9. The highest BCUT2D eigenvalue weighted by Crippen LogP contribution is 2.44. The van der Waals surface area contributed by atoms with E-state index in [0.717, 1.165) is 18.9 Å². The van der Waals surface area contributed by atoms with E-state index in [0.29, 0.717) is 5.41 Å². The minimum atomic E-state index is 0.0110. The number of piperidine rings is 1. The summed E-state index contributed by atoms with van der Waals surface area (Å²) in [4.78, 5) is 2.32. The summed E-state index contributed by atoms with van der Waals surface area (Å²) in [6, 6.07) is 0. The molecule has 1 saturated heterocycles. The maximum atomic E-state index is 8.26. The summed E-state index contributed by atoms with van der Waals surface area (Å²) in [5, 5.41) is 8.26. The second-order valence-electron chi connectivity index (χ2n) is 7.15. The molecule has 17 heavy (non-hydrogen) atoms. The van der Waals surface area contributed by atoms with Crippen molar-refractivity contribution < 1.29 is 0 Å². The van der Waals surface area contributed by atoms with Crippen molar-refractivity contribution in [2.24, 2.45) is 10.8 Å². The van der Waals surface area contributed by atoms with Crippen LogP contribution in [0.1, 0.15) is 65.7 Å². The zero-order valence-electron chi connectivity index (χ0n) is 11.8. The van der Waals surface area contributed by atoms with Gasteiger partial charge in [0.25, 0.3) is 0 Å². The Balaban J connectivity index is 1.91. The molecule has 1 spiro atoms. The van der Waals surface area contributed by atoms with E-state index >= 15 is 0 Å². The van der Waals surface area contributed by atoms with Crippen molar-refractivity contribution in [2.75, 3.05) is 13.1 Å². The molecule has 0 aromatic rings. The van der Waals surface area contributed by atoms with Crippen molar-refractivity contribution in [1.82, 2.24) is 4.90 Å². The molecule has 0 unspecified atom stereocenters. The minimum absolute atomic E-state index is 0.0110. The Hall–Kier alpha value is -0.530. The molecule has 2 fully saturated rings. The summed E-state index contributed by atoms with van der Waals surface area (Å²) in [5.74, 6) is 0.836. The molecule has 1 saturated carbocycles. The van der Waals surface area contributed by atoms with Gasteiger partial charge < -0.3 is 4.90 Å². The predicted molar refractivity (Wildman–Crippen MR) is 73.5 cm³/mol. The van der Waals surface area contributed by atoms with Crippen molar-refractivity contribution in [3.8, 4) is 0 Å². The van der Waals surface area contributed by atoms with Gasteiger partial charge in [-0.05, 0) is 31.1 Å². The van der Waals surface area contributed by atoms with Crippen molar-refractivity contribution in [3.05, 3.63) is 0 Å². The van der Waals surface area contributed by atoms with Gasteiger partial charge in [0.1, 0.15) is 5.84 Å². The number of hydrogen-bond acceptors (Lipinski definition) is 1. The highest BCUT2D eigenvalue weighted by Gasteiger charge is 2.37. The van der Waals surface area contributed by atoms with Gasteiger partial charge in [-0.1, -0.05) is 40.0 Å². The van der Waals surface area contributed by atoms with Crippen LogP contribution in [0.2, 0.25) is 0 Å². The van der Waals surface area contributed by atoms with Crippen LogP contribution < -0.4 is 0 Å². The molecule has 2 nitrogen and oxygen atoms in total. The molecule has 1 N–H and O–H groups in total. The molecule has 1 heterocycles. The fourth-order valence-corrected chi connectivity index (χ4v) is 3.48. The maximum absolute atomic E-state index is 8.26. The Morgan fingerprint density at radius 1 is 0.941 bits per heavy atom. The number of likely N-dealkylation sites (tertiary alicyclic amines) is 1. The van der Waals surface area contributed by atoms with Gasteiger partial charge in [0.2, 0.25) is 0 Å². The first-order valence-corrected chi connectivity index (χ1v) is 7.27. The Labute approximate surface area is 106 Å². The Kier molecular flexibility index (Phi) is 3.51. The number of amidine groups is 1. The van der Waals surface area contributed by atoms with Gasteiger partial charge in [0.15, 0.2) is 0 Å². The smallest absolute Gasteiger partial charge is 0.101 e. The maximum Gasteiger partial charge on any atom is 0.101 e. The fraction of sp³-hybridized carbons (Fsp3) is 0.933. The van der Waals surface area contributed by atoms with Crippen molar-refractivity contribution in [3.63, 3.8) is 0 Å². The van der Waals surface area contributed by atoms with Crippen molar-refractivity contribution in [1.29, 1.82) is 5.41 Å². The first-order valence-electron chi connectivity index (χ1n) is 7.27. The normalized spacial score (nSPS) is 25.0. The van der Waals surface area contributed by atoms with Gasteiger partial charge >= 0.3 is 0 Å². The van der Waals surface area contributed by atoms with E-state index in [9.17, 15) is 0 Å². The van der Waals surface area contributed by atoms with E-state index < -0.39 is 0 Å². The molecule has 1 aliphatic carbocycles. The summed E-state index contributed by atoms with van der Waals surface area (Å²) in [6.07, 6.45) is 9.88. The van der Waals surface area contributed by atoms with Gasteiger partial charge in [-0.15, -0.1) is 0 Å². The zero-order valence-corrected chi connectivity index (χ0v) is 11.8. The standard InChI is InChI=1S/C15H28N2/c1-14(2,3)13(16)17-11-9-15(10-12-17)7-5-4-6-8-15/h16H,4-12H2,1-3H3. The van der Waals surface area contributed by atoms with Crippen LogP contribution in [0.15, 0.2) is 0 Å². The average molecular weight is 236 g/mol. The molecule has 0 aromatic carbocycles. The molecule has 98 valence electrons. The van der Waals surface area contributed by atoms with Crippen LogP contribution >= 0.6 is 0 Å². The van der Waals surface area contributed by atoms with Crippen molar-refractivity contribution >= 4 is 5.84 Å². The van der Waals surface area contributed by atoms with E-state index in [4.69, 9.17) is 5.41 Å². The van der Waals surface area contributed by atoms with Crippen molar-refractivity contribution in [2.45, 2.75) is 65.7 Å². The van der Waals surface area contributed by atoms with E-state index in [2.05, 4.69) is 25.7 Å². The monoisotopic (exact) mass is 236 g/mol. The molecular weight excluding hydrogens is 208 g/mol. The molecule has 2 heteroatoms. The highest BCUT2D eigenvalue weighted by molar-refractivity contribution is 5.84. The van der Waals surface area contributed by atoms with Crippen LogP contribution in [0.25, 0.3) is 0 Å². The number of rotatable bonds is 0. The van der Waals surface area contributed by atoms with Crippen LogP contribution in [0.4, 0.5) is 0 Å². The van der Waals surface area contributed by atoms with Gasteiger partial charge in [-0.2, -0.15) is 0 Å². The number of nitrogens with one attached hydrogen (secondary N) is 1. The molecule has 0 atom stereocenters. The third-order valence-corrected chi connectivity index (χ3v) is 4.76. The summed E-state index contributed by atoms with van der Waals surface area (Å²) in [5.41, 5.74) is 0.671. The summed E-state index contributed by atoms with van der Waals surface area (Å²) in [7, 11) is 0. The van der Waals surface area contributed by atoms with Gasteiger partial charge in [0, 0.05) is 18.5 Å². The zero-order chi connectivity index (χ0) is 12.5. The fourth-order valence-electron chi connectivity index (χ4n) is 3.48. The molecule has 2 rings (SSSR count). The Morgan fingerprint density at radius 3 is 1.94 bits per heavy atom. The number of nitrogens with zero attached hydrogens (tertiary/aromatic N) is 1. The lowest BCUT2D eigenvalue weighted by Gasteiger charge is -2.46. The SMILES string of the molecule is CC(C)(C)C(=N)N1CCC2(CCCCC2)CC1. The quantitative estimate of drug-likeness (QED) is 0.498. The third kappa shape index (κ3) is 2.83. The van der Waals surface area contributed by atoms with E-state index in [1.165, 1.54) is 44.9 Å². The van der Waals surface area contributed by atoms with Crippen LogP contribution in [0.5, 0.6) is 0 Å². The summed E-state index contributed by atoms with van der Waals surface area (Å²) in [6.45, 7) is 8.70. The van der Waals surface area contributed by atoms with E-state index in [-0.39, 0.29) is 5.41 Å². The second kappa shape index (κ2) is 4.62. The summed E-state index contributed by atoms with van der Waals surface area (Å²) < 4.78 is 0. The van der Waals surface area contributed by atoms with Crippen LogP contribution in [0, 0.1) is 16.2 Å². The number of hydrogen-bond donors (Lipinski definition) is 1. The molecule has 1 aliphatic heterocycles. The second-order valence-corrected chi connectivity index (χ2v) is 7.15. The lowest BCUT2D eigenvalue weighted by molar-refractivity contribution is 0.0938. The molecule has 0 aromatic heterocycles. The lowest BCUT2D eigenvalue weighted by Crippen LogP contribution is -2.47. The van der Waals surface area contributed by atoms with Gasteiger partial charge in [0.05, 0.1) is 0 Å². The molecular formula is C15H28N2. The lowest BCUT2D eigenvalue weighted by atomic mass is 9.68. The minimum Gasteiger partial charge on any atom is -0.360 e. The topological polar surface area (TPSA) is 27.1 Å². The van der Waals surface area contributed by atoms with Gasteiger partial charge in [-0.25, -0.2) is 0 Å². The third-order valence-electron chi connectivity index (χ3n) is 4.76. The first-order chi connectivity index (χ1) is 7.93. The average Bonchev–Trinajstić information content (AvgIpc) is 2.29. The molecule has 0 radical (unpaired) electrons. The highest BCUT2D eigenvalue weighted by atomic mass is 15.2. The molecule has 0 amide bonds. The van der Waals surface area contributed by atoms with E-state index in [1.807, 2.05) is 0 Å². The molecule has 0 bridgehead atoms. The van der Waals surface area contributed by atoms with Crippen LogP contribution in [0.3, 0.4) is 0 Å². The molecule has 2 aliphatic rings. The van der Waals surface area contributed by atoms with E-state index in [1.54, 1.807) is 0 Å². The largest absolute Gasteiger partial charge is 0.360 e. The van der Waals surface area contributed by atoms with Crippen LogP contribution in [-0.4, -0.2) is 23.8 Å². The predicted octanol–water partition coefficient (Wildman–Crippen LogP) is 4.06. The van der Waals surface area contributed by atoms with Gasteiger partial charge in [-0.3, -0.25) is 5.41 Å². The Morgan fingerprint density at radius 2 is 1.47 bits per heavy atom.